The fourth-order valence-corrected chi connectivity index (χ4v) is 2.52. The topological polar surface area (TPSA) is 66.9 Å². The van der Waals surface area contributed by atoms with Crippen LogP contribution < -0.4 is 10.6 Å². The third-order valence-corrected chi connectivity index (χ3v) is 4.52. The molecule has 126 valence electrons. The first-order chi connectivity index (χ1) is 12.0. The summed E-state index contributed by atoms with van der Waals surface area (Å²) in [5.74, 6) is 1.22. The Morgan fingerprint density at radius 3 is 2.40 bits per heavy atom. The van der Waals surface area contributed by atoms with Crippen LogP contribution in [-0.4, -0.2) is 15.8 Å². The molecule has 0 aliphatic heterocycles. The number of carbonyl (C=O) groups is 1. The molecular formula is C19H17BrN4O. The van der Waals surface area contributed by atoms with Crippen LogP contribution in [0.1, 0.15) is 22.8 Å². The molecule has 0 atom stereocenters. The Morgan fingerprint density at radius 2 is 1.72 bits per heavy atom. The number of anilines is 4. The molecular weight excluding hydrogens is 380 g/mol. The summed E-state index contributed by atoms with van der Waals surface area (Å²) in [6.07, 6.45) is 1.69. The molecule has 0 aliphatic carbocycles. The highest BCUT2D eigenvalue weighted by atomic mass is 79.9. The molecule has 1 heterocycles. The molecule has 0 spiro atoms. The summed E-state index contributed by atoms with van der Waals surface area (Å²) in [7, 11) is 0. The number of nitrogens with one attached hydrogen (secondary N) is 2. The summed E-state index contributed by atoms with van der Waals surface area (Å²) >= 11 is 3.49. The number of ketones is 1. The van der Waals surface area contributed by atoms with Crippen molar-refractivity contribution in [1.82, 2.24) is 9.97 Å². The smallest absolute Gasteiger partial charge is 0.229 e. The first-order valence-electron chi connectivity index (χ1n) is 7.75. The van der Waals surface area contributed by atoms with E-state index < -0.39 is 0 Å². The van der Waals surface area contributed by atoms with Crippen LogP contribution in [0.15, 0.2) is 59.2 Å². The zero-order chi connectivity index (χ0) is 17.8. The molecule has 0 unspecified atom stereocenters. The van der Waals surface area contributed by atoms with Crippen molar-refractivity contribution < 1.29 is 4.79 Å². The third-order valence-electron chi connectivity index (χ3n) is 3.63. The van der Waals surface area contributed by atoms with Gasteiger partial charge in [-0.15, -0.1) is 0 Å². The minimum absolute atomic E-state index is 0.0462. The van der Waals surface area contributed by atoms with Gasteiger partial charge in [-0.25, -0.2) is 4.98 Å². The zero-order valence-corrected chi connectivity index (χ0v) is 15.5. The maximum absolute atomic E-state index is 11.3. The van der Waals surface area contributed by atoms with E-state index in [0.717, 1.165) is 21.4 Å². The Bertz CT molecular complexity index is 910. The van der Waals surface area contributed by atoms with Crippen LogP contribution in [0.2, 0.25) is 0 Å². The summed E-state index contributed by atoms with van der Waals surface area (Å²) in [6, 6.07) is 15.0. The summed E-state index contributed by atoms with van der Waals surface area (Å²) in [6.45, 7) is 3.58. The van der Waals surface area contributed by atoms with Crippen molar-refractivity contribution in [2.45, 2.75) is 13.8 Å². The molecule has 0 bridgehead atoms. The first-order valence-corrected chi connectivity index (χ1v) is 8.55. The maximum atomic E-state index is 11.3. The van der Waals surface area contributed by atoms with Crippen LogP contribution in [0.5, 0.6) is 0 Å². The number of Topliss-reactive ketones (excluding diaryl/α,β-unsaturated/α-hetero) is 1. The van der Waals surface area contributed by atoms with Crippen LogP contribution in [-0.2, 0) is 0 Å². The van der Waals surface area contributed by atoms with E-state index in [1.54, 1.807) is 31.3 Å². The van der Waals surface area contributed by atoms with Crippen molar-refractivity contribution in [2.24, 2.45) is 0 Å². The highest BCUT2D eigenvalue weighted by molar-refractivity contribution is 9.10. The largest absolute Gasteiger partial charge is 0.340 e. The molecule has 1 aromatic heterocycles. The number of aryl methyl sites for hydroxylation is 1. The summed E-state index contributed by atoms with van der Waals surface area (Å²) in [5, 5.41) is 6.40. The van der Waals surface area contributed by atoms with Crippen LogP contribution in [0, 0.1) is 6.92 Å². The Kier molecular flexibility index (Phi) is 5.09. The molecule has 3 rings (SSSR count). The average molecular weight is 397 g/mol. The van der Waals surface area contributed by atoms with Crippen LogP contribution >= 0.6 is 15.9 Å². The van der Waals surface area contributed by atoms with Gasteiger partial charge in [-0.1, -0.05) is 15.9 Å². The summed E-state index contributed by atoms with van der Waals surface area (Å²) < 4.78 is 1.06. The lowest BCUT2D eigenvalue weighted by Gasteiger charge is -2.09. The second-order valence-electron chi connectivity index (χ2n) is 5.61. The van der Waals surface area contributed by atoms with Crippen molar-refractivity contribution >= 4 is 44.9 Å². The molecule has 6 heteroatoms. The van der Waals surface area contributed by atoms with Gasteiger partial charge >= 0.3 is 0 Å². The number of carbonyl (C=O) groups excluding carboxylic acids is 1. The van der Waals surface area contributed by atoms with E-state index in [1.807, 2.05) is 37.3 Å². The van der Waals surface area contributed by atoms with Crippen molar-refractivity contribution in [1.29, 1.82) is 0 Å². The number of halogens is 1. The number of benzene rings is 2. The van der Waals surface area contributed by atoms with Gasteiger partial charge in [-0.05, 0) is 67.9 Å². The van der Waals surface area contributed by atoms with Gasteiger partial charge in [0.05, 0.1) is 0 Å². The van der Waals surface area contributed by atoms with E-state index in [4.69, 9.17) is 0 Å². The molecule has 0 radical (unpaired) electrons. The van der Waals surface area contributed by atoms with Gasteiger partial charge in [-0.2, -0.15) is 4.98 Å². The highest BCUT2D eigenvalue weighted by Gasteiger charge is 2.04. The molecule has 5 nitrogen and oxygen atoms in total. The van der Waals surface area contributed by atoms with Crippen molar-refractivity contribution in [3.63, 3.8) is 0 Å². The first kappa shape index (κ1) is 17.1. The van der Waals surface area contributed by atoms with Crippen molar-refractivity contribution in [3.8, 4) is 0 Å². The average Bonchev–Trinajstić information content (AvgIpc) is 2.59. The monoisotopic (exact) mass is 396 g/mol. The van der Waals surface area contributed by atoms with E-state index in [2.05, 4.69) is 36.5 Å². The fourth-order valence-electron chi connectivity index (χ4n) is 2.28. The maximum Gasteiger partial charge on any atom is 0.229 e. The standard InChI is InChI=1S/C19H17BrN4O/c1-12-11-16(7-8-17(12)20)23-19-21-10-9-18(24-19)22-15-5-3-14(4-6-15)13(2)25/h3-11H,1-2H3,(H2,21,22,23,24). The molecule has 25 heavy (non-hydrogen) atoms. The second kappa shape index (κ2) is 7.44. The molecule has 0 saturated carbocycles. The van der Waals surface area contributed by atoms with Crippen LogP contribution in [0.25, 0.3) is 0 Å². The molecule has 0 fully saturated rings. The summed E-state index contributed by atoms with van der Waals surface area (Å²) in [5.41, 5.74) is 3.59. The van der Waals surface area contributed by atoms with E-state index in [1.165, 1.54) is 0 Å². The number of aromatic nitrogens is 2. The Morgan fingerprint density at radius 1 is 1.00 bits per heavy atom. The Labute approximate surface area is 154 Å². The predicted molar refractivity (Wildman–Crippen MR) is 104 cm³/mol. The normalized spacial score (nSPS) is 10.4. The Hall–Kier alpha value is -2.73. The van der Waals surface area contributed by atoms with Gasteiger partial charge in [0.1, 0.15) is 5.82 Å². The lowest BCUT2D eigenvalue weighted by Crippen LogP contribution is -2.01. The van der Waals surface area contributed by atoms with Gasteiger partial charge in [-0.3, -0.25) is 4.79 Å². The molecule has 2 N–H and O–H groups in total. The van der Waals surface area contributed by atoms with Crippen molar-refractivity contribution in [3.05, 3.63) is 70.3 Å². The summed E-state index contributed by atoms with van der Waals surface area (Å²) in [4.78, 5) is 20.0. The molecule has 0 aliphatic rings. The van der Waals surface area contributed by atoms with E-state index in [0.29, 0.717) is 17.3 Å². The van der Waals surface area contributed by atoms with E-state index >= 15 is 0 Å². The minimum atomic E-state index is 0.0462. The van der Waals surface area contributed by atoms with Gasteiger partial charge in [0.15, 0.2) is 5.78 Å². The minimum Gasteiger partial charge on any atom is -0.340 e. The number of hydrogen-bond donors (Lipinski definition) is 2. The molecule has 3 aromatic rings. The third kappa shape index (κ3) is 4.42. The van der Waals surface area contributed by atoms with E-state index in [-0.39, 0.29) is 5.78 Å². The number of rotatable bonds is 5. The lowest BCUT2D eigenvalue weighted by atomic mass is 10.1. The van der Waals surface area contributed by atoms with E-state index in [9.17, 15) is 4.79 Å². The van der Waals surface area contributed by atoms with Crippen molar-refractivity contribution in [2.75, 3.05) is 10.6 Å². The van der Waals surface area contributed by atoms with Crippen LogP contribution in [0.4, 0.5) is 23.1 Å². The van der Waals surface area contributed by atoms with Gasteiger partial charge < -0.3 is 10.6 Å². The predicted octanol–water partition coefficient (Wildman–Crippen LogP) is 5.24. The zero-order valence-electron chi connectivity index (χ0n) is 13.9. The van der Waals surface area contributed by atoms with Gasteiger partial charge in [0.2, 0.25) is 5.95 Å². The quantitative estimate of drug-likeness (QED) is 0.577. The van der Waals surface area contributed by atoms with Gasteiger partial charge in [0.25, 0.3) is 0 Å². The lowest BCUT2D eigenvalue weighted by molar-refractivity contribution is 0.101. The SMILES string of the molecule is CC(=O)c1ccc(Nc2ccnc(Nc3ccc(Br)c(C)c3)n2)cc1. The molecule has 0 amide bonds. The van der Waals surface area contributed by atoms with Crippen LogP contribution in [0.3, 0.4) is 0 Å². The Balaban J connectivity index is 1.74. The molecule has 2 aromatic carbocycles. The molecule has 0 saturated heterocycles. The fraction of sp³-hybridized carbons (Fsp3) is 0.105. The number of hydrogen-bond acceptors (Lipinski definition) is 5. The number of nitrogens with zero attached hydrogens (tertiary/aromatic N) is 2. The van der Waals surface area contributed by atoms with Gasteiger partial charge in [0, 0.05) is 27.6 Å². The highest BCUT2D eigenvalue weighted by Crippen LogP contribution is 2.22. The second-order valence-corrected chi connectivity index (χ2v) is 6.47.